The molecule has 0 aliphatic rings. The van der Waals surface area contributed by atoms with Gasteiger partial charge >= 0.3 is 0 Å². The highest BCUT2D eigenvalue weighted by Crippen LogP contribution is 1.97. The van der Waals surface area contributed by atoms with Crippen molar-refractivity contribution in [3.05, 3.63) is 0 Å². The number of amides is 3. The standard InChI is InChI=1S/C7H15N5O3/c1-4(7(15)11-10)12(2-5(8)13)3-6(9)14/h4H,2-3,10H2,1H3,(H2,8,13)(H2,9,14)(H,11,15). The molecule has 1 unspecified atom stereocenters. The van der Waals surface area contributed by atoms with Crippen molar-refractivity contribution in [3.63, 3.8) is 0 Å². The molecule has 0 saturated heterocycles. The number of hydrogen-bond acceptors (Lipinski definition) is 5. The molecular weight excluding hydrogens is 202 g/mol. The van der Waals surface area contributed by atoms with E-state index in [-0.39, 0.29) is 13.1 Å². The van der Waals surface area contributed by atoms with Gasteiger partial charge in [0.15, 0.2) is 0 Å². The first-order valence-electron chi connectivity index (χ1n) is 4.19. The van der Waals surface area contributed by atoms with Gasteiger partial charge in [-0.25, -0.2) is 5.84 Å². The lowest BCUT2D eigenvalue weighted by Crippen LogP contribution is -2.52. The van der Waals surface area contributed by atoms with Crippen LogP contribution in [0.15, 0.2) is 0 Å². The van der Waals surface area contributed by atoms with Gasteiger partial charge in [-0.05, 0) is 6.92 Å². The zero-order valence-electron chi connectivity index (χ0n) is 8.40. The van der Waals surface area contributed by atoms with E-state index < -0.39 is 23.8 Å². The van der Waals surface area contributed by atoms with Crippen LogP contribution in [0.2, 0.25) is 0 Å². The maximum Gasteiger partial charge on any atom is 0.250 e. The number of hydrazine groups is 1. The molecule has 0 saturated carbocycles. The van der Waals surface area contributed by atoms with E-state index >= 15 is 0 Å². The summed E-state index contributed by atoms with van der Waals surface area (Å²) in [6, 6.07) is -0.755. The molecule has 0 spiro atoms. The topological polar surface area (TPSA) is 145 Å². The zero-order chi connectivity index (χ0) is 12.0. The van der Waals surface area contributed by atoms with E-state index in [1.165, 1.54) is 11.8 Å². The molecule has 0 aliphatic carbocycles. The van der Waals surface area contributed by atoms with Crippen LogP contribution in [0, 0.1) is 0 Å². The lowest BCUT2D eigenvalue weighted by atomic mass is 10.2. The summed E-state index contributed by atoms with van der Waals surface area (Å²) in [4.78, 5) is 33.7. The van der Waals surface area contributed by atoms with Crippen LogP contribution in [0.3, 0.4) is 0 Å². The van der Waals surface area contributed by atoms with Crippen LogP contribution >= 0.6 is 0 Å². The van der Waals surface area contributed by atoms with Crippen molar-refractivity contribution in [2.75, 3.05) is 13.1 Å². The van der Waals surface area contributed by atoms with Crippen molar-refractivity contribution >= 4 is 17.7 Å². The fourth-order valence-corrected chi connectivity index (χ4v) is 1.02. The van der Waals surface area contributed by atoms with Gasteiger partial charge in [0.2, 0.25) is 11.8 Å². The smallest absolute Gasteiger partial charge is 0.250 e. The lowest BCUT2D eigenvalue weighted by molar-refractivity contribution is -0.129. The molecule has 1 atom stereocenters. The summed E-state index contributed by atoms with van der Waals surface area (Å²) in [5, 5.41) is 0. The SMILES string of the molecule is CC(C(=O)NN)N(CC(N)=O)CC(N)=O. The van der Waals surface area contributed by atoms with Gasteiger partial charge in [0.25, 0.3) is 5.91 Å². The number of rotatable bonds is 6. The Morgan fingerprint density at radius 2 is 1.60 bits per heavy atom. The Balaban J connectivity index is 4.53. The predicted octanol–water partition coefficient (Wildman–Crippen LogP) is -3.36. The summed E-state index contributed by atoms with van der Waals surface area (Å²) in [6.45, 7) is 1.00. The fraction of sp³-hybridized carbons (Fsp3) is 0.571. The van der Waals surface area contributed by atoms with Crippen LogP contribution < -0.4 is 22.7 Å². The quantitative estimate of drug-likeness (QED) is 0.208. The third-order valence-electron chi connectivity index (χ3n) is 1.79. The minimum Gasteiger partial charge on any atom is -0.369 e. The molecule has 7 N–H and O–H groups in total. The Labute approximate surface area is 86.7 Å². The summed E-state index contributed by atoms with van der Waals surface area (Å²) in [7, 11) is 0. The van der Waals surface area contributed by atoms with Gasteiger partial charge in [0.1, 0.15) is 0 Å². The van der Waals surface area contributed by atoms with Crippen LogP contribution in [-0.4, -0.2) is 41.8 Å². The molecule has 8 nitrogen and oxygen atoms in total. The second kappa shape index (κ2) is 5.94. The first-order chi connectivity index (χ1) is 6.88. The van der Waals surface area contributed by atoms with Crippen LogP contribution in [0.4, 0.5) is 0 Å². The van der Waals surface area contributed by atoms with E-state index in [0.717, 1.165) is 0 Å². The van der Waals surface area contributed by atoms with E-state index in [1.54, 1.807) is 0 Å². The lowest BCUT2D eigenvalue weighted by Gasteiger charge is -2.24. The van der Waals surface area contributed by atoms with Crippen LogP contribution in [0.5, 0.6) is 0 Å². The normalized spacial score (nSPS) is 12.2. The van der Waals surface area contributed by atoms with Crippen LogP contribution in [0.1, 0.15) is 6.92 Å². The average Bonchev–Trinajstić information content (AvgIpc) is 2.13. The summed E-state index contributed by atoms with van der Waals surface area (Å²) in [5.41, 5.74) is 11.8. The Morgan fingerprint density at radius 3 is 1.87 bits per heavy atom. The zero-order valence-corrected chi connectivity index (χ0v) is 8.40. The Kier molecular flexibility index (Phi) is 5.27. The summed E-state index contributed by atoms with van der Waals surface area (Å²) >= 11 is 0. The molecule has 0 aromatic heterocycles. The molecule has 0 radical (unpaired) electrons. The number of carbonyl (C=O) groups excluding carboxylic acids is 3. The highest BCUT2D eigenvalue weighted by molar-refractivity contribution is 5.84. The Morgan fingerprint density at radius 1 is 1.20 bits per heavy atom. The van der Waals surface area contributed by atoms with Crippen molar-refractivity contribution in [2.24, 2.45) is 17.3 Å². The first kappa shape index (κ1) is 13.3. The molecule has 0 fully saturated rings. The minimum absolute atomic E-state index is 0.239. The maximum absolute atomic E-state index is 11.1. The van der Waals surface area contributed by atoms with E-state index in [4.69, 9.17) is 17.3 Å². The molecular formula is C7H15N5O3. The number of nitrogens with zero attached hydrogens (tertiary/aromatic N) is 1. The van der Waals surface area contributed by atoms with Gasteiger partial charge in [0.05, 0.1) is 19.1 Å². The van der Waals surface area contributed by atoms with Crippen molar-refractivity contribution < 1.29 is 14.4 Å². The van der Waals surface area contributed by atoms with Crippen LogP contribution in [-0.2, 0) is 14.4 Å². The highest BCUT2D eigenvalue weighted by atomic mass is 16.2. The second-order valence-electron chi connectivity index (χ2n) is 3.02. The molecule has 0 aromatic carbocycles. The van der Waals surface area contributed by atoms with Gasteiger partial charge in [0, 0.05) is 0 Å². The third kappa shape index (κ3) is 4.93. The number of nitrogens with one attached hydrogen (secondary N) is 1. The Bertz CT molecular complexity index is 251. The molecule has 3 amide bonds. The van der Waals surface area contributed by atoms with E-state index in [2.05, 4.69) is 0 Å². The highest BCUT2D eigenvalue weighted by Gasteiger charge is 2.23. The largest absolute Gasteiger partial charge is 0.369 e. The first-order valence-corrected chi connectivity index (χ1v) is 4.19. The molecule has 8 heteroatoms. The van der Waals surface area contributed by atoms with E-state index in [0.29, 0.717) is 0 Å². The third-order valence-corrected chi connectivity index (χ3v) is 1.79. The predicted molar refractivity (Wildman–Crippen MR) is 51.8 cm³/mol. The monoisotopic (exact) mass is 217 g/mol. The van der Waals surface area contributed by atoms with Crippen molar-refractivity contribution in [1.82, 2.24) is 10.3 Å². The fourth-order valence-electron chi connectivity index (χ4n) is 1.02. The molecule has 0 aliphatic heterocycles. The van der Waals surface area contributed by atoms with Crippen molar-refractivity contribution in [1.29, 1.82) is 0 Å². The maximum atomic E-state index is 11.1. The number of carbonyl (C=O) groups is 3. The molecule has 0 heterocycles. The van der Waals surface area contributed by atoms with Gasteiger partial charge in [-0.1, -0.05) is 0 Å². The molecule has 0 rings (SSSR count). The molecule has 86 valence electrons. The molecule has 0 bridgehead atoms. The van der Waals surface area contributed by atoms with Gasteiger partial charge in [-0.3, -0.25) is 24.7 Å². The van der Waals surface area contributed by atoms with Crippen molar-refractivity contribution in [3.8, 4) is 0 Å². The molecule has 0 aromatic rings. The summed E-state index contributed by atoms with van der Waals surface area (Å²) in [5.74, 6) is 3.07. The average molecular weight is 217 g/mol. The minimum atomic E-state index is -0.755. The van der Waals surface area contributed by atoms with E-state index in [9.17, 15) is 14.4 Å². The van der Waals surface area contributed by atoms with Gasteiger partial charge in [-0.2, -0.15) is 0 Å². The number of primary amides is 2. The van der Waals surface area contributed by atoms with Gasteiger partial charge < -0.3 is 11.5 Å². The molecule has 15 heavy (non-hydrogen) atoms. The Hall–Kier alpha value is -1.67. The van der Waals surface area contributed by atoms with Crippen LogP contribution in [0.25, 0.3) is 0 Å². The van der Waals surface area contributed by atoms with E-state index in [1.807, 2.05) is 5.43 Å². The van der Waals surface area contributed by atoms with Crippen molar-refractivity contribution in [2.45, 2.75) is 13.0 Å². The summed E-state index contributed by atoms with van der Waals surface area (Å²) < 4.78 is 0. The number of nitrogens with two attached hydrogens (primary N) is 3. The summed E-state index contributed by atoms with van der Waals surface area (Å²) in [6.07, 6.45) is 0. The second-order valence-corrected chi connectivity index (χ2v) is 3.02. The van der Waals surface area contributed by atoms with Gasteiger partial charge in [-0.15, -0.1) is 0 Å². The number of hydrogen-bond donors (Lipinski definition) is 4.